The first-order valence-corrected chi connectivity index (χ1v) is 6.60. The van der Waals surface area contributed by atoms with Gasteiger partial charge in [-0.15, -0.1) is 0 Å². The van der Waals surface area contributed by atoms with Gasteiger partial charge in [-0.25, -0.2) is 0 Å². The Morgan fingerprint density at radius 2 is 1.83 bits per heavy atom. The number of aliphatic hydroxyl groups excluding tert-OH is 3. The highest BCUT2D eigenvalue weighted by molar-refractivity contribution is 4.91. The standard InChI is InChI=1S/C12H22O6/c1-2-3-4-5-8-16-6-7-11(18-8)9(13)10(14)12(15)17-7/h7-15H,2-6H2,1H3. The van der Waals surface area contributed by atoms with E-state index in [-0.39, 0.29) is 12.9 Å². The van der Waals surface area contributed by atoms with E-state index in [9.17, 15) is 15.3 Å². The highest BCUT2D eigenvalue weighted by atomic mass is 16.7. The van der Waals surface area contributed by atoms with E-state index in [0.717, 1.165) is 25.7 Å². The van der Waals surface area contributed by atoms with E-state index in [2.05, 4.69) is 6.92 Å². The van der Waals surface area contributed by atoms with E-state index in [1.165, 1.54) is 0 Å². The monoisotopic (exact) mass is 262 g/mol. The van der Waals surface area contributed by atoms with Gasteiger partial charge < -0.3 is 29.5 Å². The summed E-state index contributed by atoms with van der Waals surface area (Å²) in [5.74, 6) is 0. The number of unbranched alkanes of at least 4 members (excludes halogenated alkanes) is 2. The molecule has 6 atom stereocenters. The van der Waals surface area contributed by atoms with Crippen molar-refractivity contribution in [3.63, 3.8) is 0 Å². The molecule has 0 radical (unpaired) electrons. The topological polar surface area (TPSA) is 88.4 Å². The lowest BCUT2D eigenvalue weighted by Crippen LogP contribution is -2.62. The van der Waals surface area contributed by atoms with Crippen LogP contribution in [0.15, 0.2) is 0 Å². The van der Waals surface area contributed by atoms with Crippen LogP contribution in [0.1, 0.15) is 32.6 Å². The second-order valence-corrected chi connectivity index (χ2v) is 4.91. The lowest BCUT2D eigenvalue weighted by molar-refractivity contribution is -0.352. The van der Waals surface area contributed by atoms with E-state index in [0.29, 0.717) is 0 Å². The van der Waals surface area contributed by atoms with Gasteiger partial charge in [0.25, 0.3) is 0 Å². The molecule has 6 nitrogen and oxygen atoms in total. The normalized spacial score (nSPS) is 44.7. The first kappa shape index (κ1) is 14.2. The van der Waals surface area contributed by atoms with E-state index in [4.69, 9.17) is 14.2 Å². The Bertz CT molecular complexity index is 259. The van der Waals surface area contributed by atoms with Crippen molar-refractivity contribution >= 4 is 0 Å². The van der Waals surface area contributed by atoms with Gasteiger partial charge in [0, 0.05) is 0 Å². The maximum atomic E-state index is 9.86. The fourth-order valence-electron chi connectivity index (χ4n) is 2.35. The molecule has 2 aliphatic rings. The van der Waals surface area contributed by atoms with Crippen LogP contribution in [-0.4, -0.2) is 58.9 Å². The quantitative estimate of drug-likeness (QED) is 0.605. The molecule has 3 N–H and O–H groups in total. The first-order valence-electron chi connectivity index (χ1n) is 6.60. The van der Waals surface area contributed by atoms with Crippen LogP contribution >= 0.6 is 0 Å². The van der Waals surface area contributed by atoms with Gasteiger partial charge in [-0.2, -0.15) is 0 Å². The Morgan fingerprint density at radius 1 is 1.06 bits per heavy atom. The minimum atomic E-state index is -1.38. The molecule has 2 saturated heterocycles. The molecule has 2 rings (SSSR count). The van der Waals surface area contributed by atoms with Gasteiger partial charge in [-0.3, -0.25) is 0 Å². The lowest BCUT2D eigenvalue weighted by Gasteiger charge is -2.45. The van der Waals surface area contributed by atoms with E-state index in [1.807, 2.05) is 0 Å². The molecule has 6 unspecified atom stereocenters. The Balaban J connectivity index is 1.87. The van der Waals surface area contributed by atoms with Crippen molar-refractivity contribution in [2.45, 2.75) is 69.6 Å². The van der Waals surface area contributed by atoms with Gasteiger partial charge in [0.2, 0.25) is 0 Å². The molecule has 2 heterocycles. The summed E-state index contributed by atoms with van der Waals surface area (Å²) in [6.07, 6.45) is -1.39. The minimum Gasteiger partial charge on any atom is -0.387 e. The summed E-state index contributed by atoms with van der Waals surface area (Å²) < 4.78 is 16.2. The van der Waals surface area contributed by atoms with Gasteiger partial charge >= 0.3 is 0 Å². The van der Waals surface area contributed by atoms with Gasteiger partial charge in [-0.1, -0.05) is 19.8 Å². The summed E-state index contributed by atoms with van der Waals surface area (Å²) >= 11 is 0. The molecule has 0 aliphatic carbocycles. The molecule has 0 aromatic rings. The smallest absolute Gasteiger partial charge is 0.184 e. The zero-order chi connectivity index (χ0) is 13.1. The molecule has 0 aromatic carbocycles. The summed E-state index contributed by atoms with van der Waals surface area (Å²) in [7, 11) is 0. The number of aliphatic hydroxyl groups is 3. The van der Waals surface area contributed by atoms with Gasteiger partial charge in [0.1, 0.15) is 24.4 Å². The number of ether oxygens (including phenoxy) is 3. The Kier molecular flexibility index (Phi) is 4.94. The van der Waals surface area contributed by atoms with Crippen LogP contribution < -0.4 is 0 Å². The SMILES string of the molecule is CCCCCC1OCC2OC(O)C(O)C(O)C2O1. The lowest BCUT2D eigenvalue weighted by atomic mass is 9.98. The molecule has 106 valence electrons. The maximum absolute atomic E-state index is 9.86. The van der Waals surface area contributed by atoms with Gasteiger partial charge in [0.05, 0.1) is 6.61 Å². The predicted molar refractivity (Wildman–Crippen MR) is 61.6 cm³/mol. The van der Waals surface area contributed by atoms with Crippen molar-refractivity contribution < 1.29 is 29.5 Å². The molecule has 0 aromatic heterocycles. The number of fused-ring (bicyclic) bond motifs is 1. The highest BCUT2D eigenvalue weighted by Gasteiger charge is 2.47. The van der Waals surface area contributed by atoms with Crippen molar-refractivity contribution in [3.05, 3.63) is 0 Å². The van der Waals surface area contributed by atoms with Crippen molar-refractivity contribution in [2.75, 3.05) is 6.61 Å². The summed E-state index contributed by atoms with van der Waals surface area (Å²) in [4.78, 5) is 0. The second kappa shape index (κ2) is 6.27. The van der Waals surface area contributed by atoms with Crippen molar-refractivity contribution in [2.24, 2.45) is 0 Å². The largest absolute Gasteiger partial charge is 0.387 e. The molecule has 0 amide bonds. The van der Waals surface area contributed by atoms with Crippen molar-refractivity contribution in [1.29, 1.82) is 0 Å². The number of rotatable bonds is 4. The summed E-state index contributed by atoms with van der Waals surface area (Å²) in [5.41, 5.74) is 0. The molecule has 6 heteroatoms. The molecule has 0 bridgehead atoms. The summed E-state index contributed by atoms with van der Waals surface area (Å²) in [6, 6.07) is 0. The zero-order valence-electron chi connectivity index (χ0n) is 10.6. The summed E-state index contributed by atoms with van der Waals surface area (Å²) in [6.45, 7) is 2.39. The number of hydrogen-bond acceptors (Lipinski definition) is 6. The van der Waals surface area contributed by atoms with Crippen LogP contribution in [0.25, 0.3) is 0 Å². The van der Waals surface area contributed by atoms with Crippen molar-refractivity contribution in [1.82, 2.24) is 0 Å². The third-order valence-electron chi connectivity index (χ3n) is 3.46. The molecule has 2 aliphatic heterocycles. The van der Waals surface area contributed by atoms with Crippen LogP contribution in [0.5, 0.6) is 0 Å². The van der Waals surface area contributed by atoms with Crippen LogP contribution in [-0.2, 0) is 14.2 Å². The molecule has 0 spiro atoms. The summed E-state index contributed by atoms with van der Waals surface area (Å²) in [5, 5.41) is 28.8. The van der Waals surface area contributed by atoms with E-state index >= 15 is 0 Å². The van der Waals surface area contributed by atoms with Gasteiger partial charge in [-0.05, 0) is 12.8 Å². The predicted octanol–water partition coefficient (Wildman–Crippen LogP) is -0.253. The third-order valence-corrected chi connectivity index (χ3v) is 3.46. The zero-order valence-corrected chi connectivity index (χ0v) is 10.6. The van der Waals surface area contributed by atoms with Gasteiger partial charge in [0.15, 0.2) is 12.6 Å². The van der Waals surface area contributed by atoms with Crippen molar-refractivity contribution in [3.8, 4) is 0 Å². The molecule has 0 saturated carbocycles. The number of hydrogen-bond donors (Lipinski definition) is 3. The average molecular weight is 262 g/mol. The minimum absolute atomic E-state index is 0.266. The molecule has 18 heavy (non-hydrogen) atoms. The fourth-order valence-corrected chi connectivity index (χ4v) is 2.35. The second-order valence-electron chi connectivity index (χ2n) is 4.91. The molecular formula is C12H22O6. The molecular weight excluding hydrogens is 240 g/mol. The fraction of sp³-hybridized carbons (Fsp3) is 1.00. The van der Waals surface area contributed by atoms with E-state index in [1.54, 1.807) is 0 Å². The maximum Gasteiger partial charge on any atom is 0.184 e. The van der Waals surface area contributed by atoms with Crippen LogP contribution in [0.4, 0.5) is 0 Å². The molecule has 2 fully saturated rings. The Labute approximate surface area is 106 Å². The Hall–Kier alpha value is -0.240. The van der Waals surface area contributed by atoms with Crippen LogP contribution in [0.3, 0.4) is 0 Å². The average Bonchev–Trinajstić information content (AvgIpc) is 2.37. The first-order chi connectivity index (χ1) is 8.63. The van der Waals surface area contributed by atoms with E-state index < -0.39 is 30.7 Å². The van der Waals surface area contributed by atoms with Crippen LogP contribution in [0.2, 0.25) is 0 Å². The Morgan fingerprint density at radius 3 is 2.56 bits per heavy atom. The highest BCUT2D eigenvalue weighted by Crippen LogP contribution is 2.28. The third kappa shape index (κ3) is 3.01. The van der Waals surface area contributed by atoms with Crippen LogP contribution in [0, 0.1) is 0 Å².